The zero-order chi connectivity index (χ0) is 12.5. The molecule has 0 aliphatic heterocycles. The summed E-state index contributed by atoms with van der Waals surface area (Å²) in [6.07, 6.45) is 2.08. The quantitative estimate of drug-likeness (QED) is 0.769. The van der Waals surface area contributed by atoms with Crippen LogP contribution in [0, 0.1) is 6.92 Å². The second kappa shape index (κ2) is 4.65. The molecule has 0 bridgehead atoms. The van der Waals surface area contributed by atoms with Crippen molar-refractivity contribution in [3.8, 4) is 11.3 Å². The number of aromatic nitrogens is 1. The zero-order valence-corrected chi connectivity index (χ0v) is 13.1. The Hall–Kier alpha value is -1.09. The zero-order valence-electron chi connectivity index (χ0n) is 11.0. The fourth-order valence-electron chi connectivity index (χ4n) is 1.88. The molecule has 0 atom stereocenters. The second-order valence-corrected chi connectivity index (χ2v) is 16.2. The summed E-state index contributed by atoms with van der Waals surface area (Å²) in [5.74, 6) is 7.20. The van der Waals surface area contributed by atoms with Crippen molar-refractivity contribution in [1.82, 2.24) is 4.98 Å². The summed E-state index contributed by atoms with van der Waals surface area (Å²) in [6, 6.07) is 12.7. The summed E-state index contributed by atoms with van der Waals surface area (Å²) in [4.78, 5) is 4.66. The third kappa shape index (κ3) is 2.78. The average molecular weight is 286 g/mol. The minimum absolute atomic E-state index is 1.11. The number of rotatable bonds is 2. The van der Waals surface area contributed by atoms with Crippen LogP contribution in [0.4, 0.5) is 0 Å². The van der Waals surface area contributed by atoms with Gasteiger partial charge in [0.05, 0.1) is 0 Å². The van der Waals surface area contributed by atoms with Gasteiger partial charge in [-0.25, -0.2) is 0 Å². The first-order chi connectivity index (χ1) is 7.98. The third-order valence-corrected chi connectivity index (χ3v) is 7.20. The van der Waals surface area contributed by atoms with Gasteiger partial charge in [0.15, 0.2) is 0 Å². The van der Waals surface area contributed by atoms with Gasteiger partial charge in [-0.05, 0) is 0 Å². The van der Waals surface area contributed by atoms with Crippen LogP contribution in [0.15, 0.2) is 42.6 Å². The molecule has 1 nitrogen and oxygen atoms in total. The van der Waals surface area contributed by atoms with E-state index in [-0.39, 0.29) is 0 Å². The van der Waals surface area contributed by atoms with E-state index in [1.54, 1.807) is 0 Å². The van der Waals surface area contributed by atoms with Crippen molar-refractivity contribution in [1.29, 1.82) is 0 Å². The predicted octanol–water partition coefficient (Wildman–Crippen LogP) is 3.60. The van der Waals surface area contributed by atoms with Crippen molar-refractivity contribution in [3.63, 3.8) is 0 Å². The molecule has 2 heteroatoms. The van der Waals surface area contributed by atoms with Crippen LogP contribution in [-0.2, 0) is 0 Å². The van der Waals surface area contributed by atoms with Gasteiger partial charge in [-0.15, -0.1) is 0 Å². The van der Waals surface area contributed by atoms with E-state index in [1.807, 2.05) is 6.07 Å². The molecule has 0 aliphatic carbocycles. The van der Waals surface area contributed by atoms with E-state index in [0.29, 0.717) is 0 Å². The van der Waals surface area contributed by atoms with Crippen molar-refractivity contribution in [2.75, 3.05) is 0 Å². The van der Waals surface area contributed by atoms with Crippen molar-refractivity contribution in [2.45, 2.75) is 24.2 Å². The number of aryl methyl sites for hydroxylation is 1. The molecule has 0 spiro atoms. The first kappa shape index (κ1) is 12.4. The standard InChI is InChI=1S/C15H19GeN/c1-12-10-14(16(2,3)4)11-17-15(12)13-8-6-5-7-9-13/h5-11H,1-4H3. The number of pyridine rings is 1. The fraction of sp³-hybridized carbons (Fsp3) is 0.267. The average Bonchev–Trinajstić information content (AvgIpc) is 2.29. The molecule has 0 fully saturated rings. The summed E-state index contributed by atoms with van der Waals surface area (Å²) < 4.78 is 1.47. The fourth-order valence-corrected chi connectivity index (χ4v) is 4.19. The Morgan fingerprint density at radius 1 is 1.00 bits per heavy atom. The van der Waals surface area contributed by atoms with Crippen molar-refractivity contribution in [2.24, 2.45) is 0 Å². The Morgan fingerprint density at radius 2 is 1.65 bits per heavy atom. The van der Waals surface area contributed by atoms with Gasteiger partial charge < -0.3 is 0 Å². The molecular weight excluding hydrogens is 267 g/mol. The van der Waals surface area contributed by atoms with Crippen LogP contribution in [0.1, 0.15) is 5.56 Å². The molecule has 1 aromatic heterocycles. The molecular formula is C15H19GeN. The van der Waals surface area contributed by atoms with Crippen LogP contribution < -0.4 is 4.40 Å². The molecule has 0 saturated heterocycles. The third-order valence-electron chi connectivity index (χ3n) is 2.99. The SMILES string of the molecule is Cc1c[c]([Ge]([CH3])([CH3])[CH3])cnc1-c1ccccc1. The molecule has 2 rings (SSSR count). The monoisotopic (exact) mass is 287 g/mol. The van der Waals surface area contributed by atoms with Crippen molar-refractivity contribution in [3.05, 3.63) is 48.2 Å². The molecule has 17 heavy (non-hydrogen) atoms. The van der Waals surface area contributed by atoms with Crippen molar-refractivity contribution >= 4 is 17.7 Å². The Bertz CT molecular complexity index is 512. The van der Waals surface area contributed by atoms with E-state index in [0.717, 1.165) is 5.69 Å². The van der Waals surface area contributed by atoms with E-state index < -0.39 is 13.3 Å². The molecule has 0 unspecified atom stereocenters. The maximum atomic E-state index is 4.66. The van der Waals surface area contributed by atoms with Gasteiger partial charge in [-0.1, -0.05) is 0 Å². The van der Waals surface area contributed by atoms with Crippen LogP contribution in [0.3, 0.4) is 0 Å². The number of nitrogens with zero attached hydrogens (tertiary/aromatic N) is 1. The van der Waals surface area contributed by atoms with Crippen LogP contribution in [0.25, 0.3) is 11.3 Å². The Balaban J connectivity index is 2.46. The summed E-state index contributed by atoms with van der Waals surface area (Å²) in [7, 11) is 0. The van der Waals surface area contributed by atoms with E-state index in [4.69, 9.17) is 0 Å². The van der Waals surface area contributed by atoms with E-state index in [9.17, 15) is 0 Å². The van der Waals surface area contributed by atoms with Crippen LogP contribution in [-0.4, -0.2) is 18.3 Å². The summed E-state index contributed by atoms with van der Waals surface area (Å²) in [5.41, 5.74) is 3.60. The molecule has 2 aromatic rings. The molecule has 1 heterocycles. The Morgan fingerprint density at radius 3 is 2.18 bits per heavy atom. The molecule has 88 valence electrons. The summed E-state index contributed by atoms with van der Waals surface area (Å²) in [5, 5.41) is 0. The molecule has 0 amide bonds. The van der Waals surface area contributed by atoms with E-state index >= 15 is 0 Å². The van der Waals surface area contributed by atoms with Gasteiger partial charge in [0.25, 0.3) is 0 Å². The molecule has 0 saturated carbocycles. The predicted molar refractivity (Wildman–Crippen MR) is 77.4 cm³/mol. The summed E-state index contributed by atoms with van der Waals surface area (Å²) >= 11 is -1.74. The van der Waals surface area contributed by atoms with Gasteiger partial charge in [0.1, 0.15) is 0 Å². The molecule has 0 aliphatic rings. The first-order valence-corrected chi connectivity index (χ1v) is 13.4. The van der Waals surface area contributed by atoms with Gasteiger partial charge in [0, 0.05) is 0 Å². The Kier molecular flexibility index (Phi) is 3.38. The van der Waals surface area contributed by atoms with E-state index in [2.05, 4.69) is 65.7 Å². The molecule has 1 aromatic carbocycles. The number of hydrogen-bond acceptors (Lipinski definition) is 1. The van der Waals surface area contributed by atoms with Crippen LogP contribution in [0.5, 0.6) is 0 Å². The van der Waals surface area contributed by atoms with Crippen LogP contribution >= 0.6 is 0 Å². The first-order valence-electron chi connectivity index (χ1n) is 6.01. The van der Waals surface area contributed by atoms with Gasteiger partial charge >= 0.3 is 106 Å². The van der Waals surface area contributed by atoms with Gasteiger partial charge in [-0.3, -0.25) is 0 Å². The molecule has 0 radical (unpaired) electrons. The van der Waals surface area contributed by atoms with Crippen LogP contribution in [0.2, 0.25) is 17.3 Å². The Labute approximate surface area is 106 Å². The minimum atomic E-state index is -1.74. The number of benzene rings is 1. The summed E-state index contributed by atoms with van der Waals surface area (Å²) in [6.45, 7) is 2.16. The second-order valence-electron chi connectivity index (χ2n) is 5.51. The van der Waals surface area contributed by atoms with Crippen molar-refractivity contribution < 1.29 is 0 Å². The maximum absolute atomic E-state index is 4.66. The molecule has 0 N–H and O–H groups in total. The number of hydrogen-bond donors (Lipinski definition) is 0. The van der Waals surface area contributed by atoms with E-state index in [1.165, 1.54) is 15.5 Å². The van der Waals surface area contributed by atoms with Gasteiger partial charge in [0.2, 0.25) is 0 Å². The normalized spacial score (nSPS) is 11.5. The topological polar surface area (TPSA) is 12.9 Å². The van der Waals surface area contributed by atoms with Gasteiger partial charge in [-0.2, -0.15) is 0 Å².